The van der Waals surface area contributed by atoms with Crippen LogP contribution in [0.25, 0.3) is 0 Å². The number of anilines is 9. The van der Waals surface area contributed by atoms with Gasteiger partial charge in [0, 0.05) is 56.5 Å². The Hall–Kier alpha value is -5.72. The van der Waals surface area contributed by atoms with Crippen molar-refractivity contribution in [3.8, 4) is 0 Å². The highest BCUT2D eigenvalue weighted by Crippen LogP contribution is 2.53. The van der Waals surface area contributed by atoms with Gasteiger partial charge in [-0.25, -0.2) is 0 Å². The summed E-state index contributed by atoms with van der Waals surface area (Å²) in [6.45, 7) is 24.8. The molecule has 6 aromatic carbocycles. The summed E-state index contributed by atoms with van der Waals surface area (Å²) in [7, 11) is 0.386. The third-order valence-electron chi connectivity index (χ3n) is 12.6. The molecule has 0 bridgehead atoms. The van der Waals surface area contributed by atoms with Crippen LogP contribution in [0.3, 0.4) is 0 Å². The number of benzene rings is 6. The van der Waals surface area contributed by atoms with Gasteiger partial charge in [0.25, 0.3) is 0 Å². The number of furan rings is 1. The van der Waals surface area contributed by atoms with Crippen LogP contribution < -0.4 is 31.0 Å². The molecule has 0 unspecified atom stereocenters. The zero-order valence-corrected chi connectivity index (χ0v) is 38.8. The second kappa shape index (κ2) is 15.3. The van der Waals surface area contributed by atoms with E-state index in [1.165, 1.54) is 21.2 Å². The van der Waals surface area contributed by atoms with Crippen molar-refractivity contribution in [2.45, 2.75) is 104 Å². The Kier molecular flexibility index (Phi) is 7.68. The first-order valence-electron chi connectivity index (χ1n) is 26.6. The monoisotopic (exact) mass is 841 g/mol. The van der Waals surface area contributed by atoms with Crippen LogP contribution in [0.1, 0.15) is 97.5 Å². The Morgan fingerprint density at radius 1 is 0.677 bits per heavy atom. The summed E-state index contributed by atoms with van der Waals surface area (Å²) in [4.78, 5) is 5.70. The fourth-order valence-corrected chi connectivity index (χ4v) is 10.2. The zero-order chi connectivity index (χ0) is 52.5. The summed E-state index contributed by atoms with van der Waals surface area (Å²) in [6, 6.07) is 22.7. The molecule has 1 aliphatic carbocycles. The van der Waals surface area contributed by atoms with Crippen LogP contribution in [0.15, 0.2) is 150 Å². The van der Waals surface area contributed by atoms with Crippen LogP contribution in [0, 0.1) is 6.92 Å². The number of para-hydroxylation sites is 2. The number of aryl methyl sites for hydroxylation is 1. The van der Waals surface area contributed by atoms with Gasteiger partial charge in [0.1, 0.15) is 5.76 Å². The minimum atomic E-state index is -1.77. The number of hydrogen-bond donors (Lipinski definition) is 0. The predicted octanol–water partition coefficient (Wildman–Crippen LogP) is 14.2. The van der Waals surface area contributed by atoms with Gasteiger partial charge >= 0.3 is 0 Å². The van der Waals surface area contributed by atoms with Gasteiger partial charge in [-0.1, -0.05) is 140 Å². The van der Waals surface area contributed by atoms with Crippen LogP contribution >= 0.6 is 0 Å². The molecule has 1 aliphatic heterocycles. The van der Waals surface area contributed by atoms with Crippen molar-refractivity contribution in [1.29, 1.82) is 0 Å². The van der Waals surface area contributed by atoms with E-state index in [2.05, 4.69) is 153 Å². The van der Waals surface area contributed by atoms with E-state index in [0.717, 1.165) is 63.7 Å². The quantitative estimate of drug-likeness (QED) is 0.142. The highest BCUT2D eigenvalue weighted by Gasteiger charge is 2.47. The van der Waals surface area contributed by atoms with Gasteiger partial charge in [0.2, 0.25) is 7.28 Å². The van der Waals surface area contributed by atoms with E-state index in [9.17, 15) is 0 Å². The molecule has 1 aromatic heterocycles. The van der Waals surface area contributed by atoms with Gasteiger partial charge in [-0.05, 0) is 126 Å². The van der Waals surface area contributed by atoms with Crippen molar-refractivity contribution in [3.05, 3.63) is 168 Å². The minimum absolute atomic E-state index is 0.0669. The summed E-state index contributed by atoms with van der Waals surface area (Å²) in [5.74, 6) is 0.981. The minimum Gasteiger partial charge on any atom is -0.473 e. The Bertz CT molecular complexity index is 3210. The van der Waals surface area contributed by atoms with Crippen molar-refractivity contribution < 1.29 is 18.1 Å². The highest BCUT2D eigenvalue weighted by molar-refractivity contribution is 6.88. The Morgan fingerprint density at radius 2 is 1.26 bits per heavy atom. The Balaban J connectivity index is 1.35. The van der Waals surface area contributed by atoms with Crippen molar-refractivity contribution in [1.82, 2.24) is 0 Å². The summed E-state index contributed by atoms with van der Waals surface area (Å²) in [6.07, 6.45) is 1.96. The molecule has 0 amide bonds. The first-order valence-corrected chi connectivity index (χ1v) is 25.1. The fraction of sp³-hybridized carbons (Fsp3) is 0.286. The summed E-state index contributed by atoms with van der Waals surface area (Å²) in [5.41, 5.74) is 9.16. The maximum absolute atomic E-state index is 9.16. The van der Waals surface area contributed by atoms with E-state index in [1.807, 2.05) is 6.07 Å². The average molecular weight is 841 g/mol. The predicted molar refractivity (Wildman–Crippen MR) is 269 cm³/mol. The molecule has 62 heavy (non-hydrogen) atoms. The van der Waals surface area contributed by atoms with Crippen molar-refractivity contribution >= 4 is 82.8 Å². The highest BCUT2D eigenvalue weighted by atomic mass is 28.3. The normalized spacial score (nSPS) is 17.5. The van der Waals surface area contributed by atoms with Crippen molar-refractivity contribution in [2.24, 2.45) is 0 Å². The third kappa shape index (κ3) is 7.51. The van der Waals surface area contributed by atoms with E-state index >= 15 is 0 Å². The lowest BCUT2D eigenvalue weighted by Gasteiger charge is -2.41. The maximum Gasteiger partial charge on any atom is 0.249 e. The molecule has 4 nitrogen and oxygen atoms in total. The van der Waals surface area contributed by atoms with E-state index in [0.29, 0.717) is 5.69 Å². The van der Waals surface area contributed by atoms with Crippen LogP contribution in [0.4, 0.5) is 51.2 Å². The van der Waals surface area contributed by atoms with Gasteiger partial charge in [0.15, 0.2) is 0 Å². The van der Waals surface area contributed by atoms with E-state index in [-0.39, 0.29) is 33.3 Å². The lowest BCUT2D eigenvalue weighted by molar-refractivity contribution is 0.282. The SMILES string of the molecule is [2H]c1c([2H])c([2H])c(N(c2cccc(N(c3ccc([Si](C)(C)C)cc3)c3cc(C)cc4c3[B]c3oc5c(c3N4c3ccc(C(C)(C)C)cc3)C(C)(C)CCC5(C)C)c2)c2c([2H])c([2H])c([2H])c([2H])c2[2H])c([2H])c1[2H]. The molecule has 6 heteroatoms. The molecule has 1 radical (unpaired) electrons. The molecular weight excluding hydrogens is 770 g/mol. The van der Waals surface area contributed by atoms with Crippen LogP contribution in [0.5, 0.6) is 0 Å². The number of rotatable bonds is 8. The second-order valence-electron chi connectivity index (χ2n) is 20.2. The molecule has 0 fully saturated rings. The molecule has 313 valence electrons. The Morgan fingerprint density at radius 3 is 1.84 bits per heavy atom. The van der Waals surface area contributed by atoms with Gasteiger partial charge in [-0.2, -0.15) is 0 Å². The summed E-state index contributed by atoms with van der Waals surface area (Å²) < 4.78 is 95.4. The number of hydrogen-bond acceptors (Lipinski definition) is 4. The van der Waals surface area contributed by atoms with Gasteiger partial charge in [-0.15, -0.1) is 0 Å². The standard InChI is InChI=1S/C56H61BN3OSi/c1-38-35-47(50-48(36-38)60(43-27-25-39(26-28-43)54(2,3)4)51-49-52(61-53(51)57-50)56(7,8)34-33-55(49,5)6)59(42-29-31-46(32-30-42)62(9,10)11)45-24-18-23-44(37-45)58(40-19-14-12-15-20-40)41-21-16-13-17-22-41/h12-32,35-37H,33-34H2,1-11H3/i12D,13D,14D,15D,16D,17D,19D,20D,21D,22D. The molecule has 0 N–H and O–H groups in total. The van der Waals surface area contributed by atoms with E-state index in [1.54, 1.807) is 18.2 Å². The molecule has 0 saturated heterocycles. The first kappa shape index (κ1) is 31.2. The maximum atomic E-state index is 9.16. The van der Waals surface area contributed by atoms with E-state index in [4.69, 9.17) is 18.1 Å². The first-order chi connectivity index (χ1) is 33.5. The molecule has 9 rings (SSSR count). The van der Waals surface area contributed by atoms with Gasteiger partial charge in [-0.3, -0.25) is 0 Å². The molecule has 0 saturated carbocycles. The van der Waals surface area contributed by atoms with Gasteiger partial charge < -0.3 is 19.1 Å². The molecule has 0 atom stereocenters. The van der Waals surface area contributed by atoms with Crippen molar-refractivity contribution in [3.63, 3.8) is 0 Å². The zero-order valence-electron chi connectivity index (χ0n) is 47.8. The fourth-order valence-electron chi connectivity index (χ4n) is 9.02. The van der Waals surface area contributed by atoms with Crippen molar-refractivity contribution in [2.75, 3.05) is 14.7 Å². The third-order valence-corrected chi connectivity index (χ3v) is 14.7. The second-order valence-corrected chi connectivity index (χ2v) is 25.3. The molecular formula is C56H61BN3OSi. The van der Waals surface area contributed by atoms with Crippen LogP contribution in [-0.2, 0) is 16.2 Å². The lowest BCUT2D eigenvalue weighted by atomic mass is 9.60. The smallest absolute Gasteiger partial charge is 0.249 e. The number of nitrogens with zero attached hydrogens (tertiary/aromatic N) is 3. The molecule has 0 spiro atoms. The summed E-state index contributed by atoms with van der Waals surface area (Å²) in [5, 5.41) is 1.26. The topological polar surface area (TPSA) is 22.9 Å². The van der Waals surface area contributed by atoms with Crippen LogP contribution in [0.2, 0.25) is 19.6 Å². The summed E-state index contributed by atoms with van der Waals surface area (Å²) >= 11 is 0. The molecule has 2 aliphatic rings. The van der Waals surface area contributed by atoms with E-state index < -0.39 is 68.5 Å². The van der Waals surface area contributed by atoms with Gasteiger partial charge in [0.05, 0.1) is 33.1 Å². The average Bonchev–Trinajstić information content (AvgIpc) is 3.74. The largest absolute Gasteiger partial charge is 0.473 e. The van der Waals surface area contributed by atoms with Crippen LogP contribution in [-0.4, -0.2) is 15.4 Å². The number of fused-ring (bicyclic) bond motifs is 4. The molecule has 7 aromatic rings. The molecule has 2 heterocycles. The Labute approximate surface area is 386 Å². The lowest BCUT2D eigenvalue weighted by Crippen LogP contribution is -2.42.